The second-order valence-electron chi connectivity index (χ2n) is 10.9. The van der Waals surface area contributed by atoms with Crippen molar-refractivity contribution in [2.24, 2.45) is 34.3 Å². The number of esters is 1. The predicted octanol–water partition coefficient (Wildman–Crippen LogP) is -0.0462. The molecule has 0 aromatic heterocycles. The number of nitrogens with two attached hydrogens (primary N) is 1. The Labute approximate surface area is 237 Å². The molecule has 0 aromatic rings. The number of ketones is 2. The van der Waals surface area contributed by atoms with Crippen LogP contribution in [-0.2, 0) is 23.9 Å². The monoisotopic (exact) mass is 531 g/mol. The maximum absolute atomic E-state index is 12.6. The fourth-order valence-corrected chi connectivity index (χ4v) is 7.70. The van der Waals surface area contributed by atoms with Crippen molar-refractivity contribution in [1.82, 2.24) is 0 Å². The Morgan fingerprint density at radius 1 is 1.25 bits per heavy atom. The average Bonchev–Trinajstić information content (AvgIpc) is 3.04. The van der Waals surface area contributed by atoms with Crippen LogP contribution in [0, 0.1) is 28.6 Å². The third-order valence-corrected chi connectivity index (χ3v) is 9.74. The van der Waals surface area contributed by atoms with Gasteiger partial charge in [0, 0.05) is 17.4 Å². The van der Waals surface area contributed by atoms with Crippen LogP contribution in [0.2, 0.25) is 0 Å². The van der Waals surface area contributed by atoms with E-state index >= 15 is 0 Å². The van der Waals surface area contributed by atoms with Crippen LogP contribution in [0.25, 0.3) is 0 Å². The number of aliphatic hydroxyl groups is 3. The maximum atomic E-state index is 12.6. The predicted molar refractivity (Wildman–Crippen MR) is 134 cm³/mol. The molecule has 3 saturated carbocycles. The van der Waals surface area contributed by atoms with Gasteiger partial charge in [-0.05, 0) is 56.9 Å². The van der Waals surface area contributed by atoms with E-state index in [-0.39, 0.29) is 72.2 Å². The van der Waals surface area contributed by atoms with E-state index in [2.05, 4.69) is 12.6 Å². The van der Waals surface area contributed by atoms with Gasteiger partial charge in [0.25, 0.3) is 0 Å². The molecule has 0 bridgehead atoms. The van der Waals surface area contributed by atoms with E-state index in [1.807, 2.05) is 13.8 Å². The second kappa shape index (κ2) is 10.3. The van der Waals surface area contributed by atoms with Crippen LogP contribution < -0.4 is 5.73 Å². The first-order valence-electron chi connectivity index (χ1n) is 12.0. The van der Waals surface area contributed by atoms with Gasteiger partial charge >= 0.3 is 35.5 Å². The Balaban J connectivity index is 0.00000361. The van der Waals surface area contributed by atoms with E-state index in [1.54, 1.807) is 0 Å². The van der Waals surface area contributed by atoms with Crippen LogP contribution in [-0.4, -0.2) is 91.9 Å². The van der Waals surface area contributed by atoms with Crippen LogP contribution in [0.4, 0.5) is 0 Å². The zero-order chi connectivity index (χ0) is 25.9. The van der Waals surface area contributed by atoms with Crippen molar-refractivity contribution in [3.63, 3.8) is 0 Å². The minimum absolute atomic E-state index is 0. The van der Waals surface area contributed by atoms with Gasteiger partial charge in [-0.25, -0.2) is 0 Å². The summed E-state index contributed by atoms with van der Waals surface area (Å²) in [7, 11) is 0. The molecule has 8 atom stereocenters. The first-order valence-corrected chi connectivity index (χ1v) is 12.5. The zero-order valence-electron chi connectivity index (χ0n) is 19.9. The van der Waals surface area contributed by atoms with Gasteiger partial charge in [0.15, 0.2) is 11.6 Å². The molecule has 1 unspecified atom stereocenters. The van der Waals surface area contributed by atoms with E-state index in [0.717, 1.165) is 5.57 Å². The Hall–Kier alpha value is -1.01. The molecule has 0 aromatic carbocycles. The summed E-state index contributed by atoms with van der Waals surface area (Å²) in [6.45, 7) is 2.89. The van der Waals surface area contributed by atoms with Crippen molar-refractivity contribution >= 4 is 65.6 Å². The summed E-state index contributed by atoms with van der Waals surface area (Å²) in [5, 5.41) is 31.3. The van der Waals surface area contributed by atoms with Gasteiger partial charge in [-0.2, -0.15) is 12.6 Å². The standard InChI is InChI=1S/C25H33NO8S.Na.H/c1-23-10-16(29)21-14(15(23)5-6-25(23,33)18(30)11-27)4-3-12-7-13(28)8-19(24(12,21)2)34-20(31)9-17(35)22(26)32;;/h7-8,14-17,21,27,29,33,35H,3-6,9-11H2,1-2H3,(H2,26,32);;/t14-,15-,16-,17?,21+,23-,24+,25-;;/m0../s1. The first-order chi connectivity index (χ1) is 16.3. The number of hydrogen-bond acceptors (Lipinski definition) is 9. The van der Waals surface area contributed by atoms with Crippen molar-refractivity contribution in [1.29, 1.82) is 0 Å². The molecular formula is C25H34NNaO8S. The first kappa shape index (κ1) is 29.5. The Bertz CT molecular complexity index is 1050. The van der Waals surface area contributed by atoms with Crippen molar-refractivity contribution in [2.75, 3.05) is 6.61 Å². The number of ether oxygens (including phenoxy) is 1. The van der Waals surface area contributed by atoms with E-state index in [1.165, 1.54) is 12.2 Å². The van der Waals surface area contributed by atoms with Gasteiger partial charge in [0.2, 0.25) is 5.91 Å². The van der Waals surface area contributed by atoms with E-state index in [9.17, 15) is 34.5 Å². The second-order valence-corrected chi connectivity index (χ2v) is 11.5. The summed E-state index contributed by atoms with van der Waals surface area (Å²) in [5.41, 5.74) is 2.35. The fourth-order valence-electron chi connectivity index (χ4n) is 7.55. The molecule has 36 heavy (non-hydrogen) atoms. The van der Waals surface area contributed by atoms with Crippen LogP contribution in [0.5, 0.6) is 0 Å². The number of hydrogen-bond donors (Lipinski definition) is 5. The topological polar surface area (TPSA) is 164 Å². The third-order valence-electron chi connectivity index (χ3n) is 9.31. The normalized spacial score (nSPS) is 39.9. The van der Waals surface area contributed by atoms with Gasteiger partial charge in [-0.3, -0.25) is 19.2 Å². The van der Waals surface area contributed by atoms with Crippen molar-refractivity contribution < 1.29 is 39.2 Å². The van der Waals surface area contributed by atoms with Crippen molar-refractivity contribution in [3.8, 4) is 0 Å². The van der Waals surface area contributed by atoms with E-state index in [4.69, 9.17) is 10.5 Å². The molecule has 0 aliphatic heterocycles. The van der Waals surface area contributed by atoms with E-state index in [0.29, 0.717) is 19.3 Å². The van der Waals surface area contributed by atoms with Gasteiger partial charge in [-0.15, -0.1) is 0 Å². The van der Waals surface area contributed by atoms with Gasteiger partial charge in [0.05, 0.1) is 23.2 Å². The molecule has 0 saturated heterocycles. The molecule has 0 spiro atoms. The van der Waals surface area contributed by atoms with Gasteiger partial charge in [0.1, 0.15) is 18.0 Å². The Kier molecular flexibility index (Phi) is 8.44. The molecule has 9 nitrogen and oxygen atoms in total. The summed E-state index contributed by atoms with van der Waals surface area (Å²) in [6, 6.07) is 0. The van der Waals surface area contributed by atoms with Crippen LogP contribution in [0.15, 0.2) is 23.5 Å². The number of Topliss-reactive ketones (excluding diaryl/α,β-unsaturated/α-hetero) is 1. The molecule has 4 aliphatic rings. The number of aliphatic hydroxyl groups excluding tert-OH is 2. The van der Waals surface area contributed by atoms with Crippen molar-refractivity contribution in [2.45, 2.75) is 69.3 Å². The van der Waals surface area contributed by atoms with Crippen LogP contribution in [0.3, 0.4) is 0 Å². The number of primary amides is 1. The molecule has 11 heteroatoms. The zero-order valence-corrected chi connectivity index (χ0v) is 20.8. The molecule has 4 rings (SSSR count). The quantitative estimate of drug-likeness (QED) is 0.181. The molecule has 5 N–H and O–H groups in total. The summed E-state index contributed by atoms with van der Waals surface area (Å²) >= 11 is 4.01. The molecule has 0 radical (unpaired) electrons. The Morgan fingerprint density at radius 2 is 1.92 bits per heavy atom. The summed E-state index contributed by atoms with van der Waals surface area (Å²) < 4.78 is 5.64. The number of carbonyl (C=O) groups excluding carboxylic acids is 4. The molecule has 0 heterocycles. The number of allylic oxidation sites excluding steroid dienone is 3. The van der Waals surface area contributed by atoms with Gasteiger partial charge in [-0.1, -0.05) is 12.5 Å². The number of amides is 1. The van der Waals surface area contributed by atoms with Crippen LogP contribution in [0.1, 0.15) is 52.4 Å². The number of carbonyl (C=O) groups is 4. The molecule has 3 fully saturated rings. The number of thiol groups is 1. The molecule has 194 valence electrons. The number of fused-ring (bicyclic) bond motifs is 5. The van der Waals surface area contributed by atoms with E-state index < -0.39 is 58.0 Å². The van der Waals surface area contributed by atoms with Gasteiger partial charge < -0.3 is 25.8 Å². The molecular weight excluding hydrogens is 497 g/mol. The Morgan fingerprint density at radius 3 is 2.53 bits per heavy atom. The average molecular weight is 532 g/mol. The molecule has 1 amide bonds. The summed E-state index contributed by atoms with van der Waals surface area (Å²) in [6.07, 6.45) is 3.50. The SMILES string of the molecule is C[C@@]12C(=CC(=O)C=C1OC(=O)CC(S)C(N)=O)CC[C@@H]1[C@@H]2[C@@H](O)C[C@@]2(C)[C@H]1CC[C@]2(O)C(=O)CO.[NaH]. The minimum atomic E-state index is -1.72. The fraction of sp³-hybridized carbons (Fsp3) is 0.680. The molecule has 4 aliphatic carbocycles. The summed E-state index contributed by atoms with van der Waals surface area (Å²) in [5.74, 6) is -3.03. The van der Waals surface area contributed by atoms with Crippen LogP contribution >= 0.6 is 12.6 Å². The third kappa shape index (κ3) is 4.36. The van der Waals surface area contributed by atoms with Crippen molar-refractivity contribution in [3.05, 3.63) is 23.5 Å². The number of rotatable bonds is 6. The summed E-state index contributed by atoms with van der Waals surface area (Å²) in [4.78, 5) is 49.0.